The molecule has 19 heavy (non-hydrogen) atoms. The molecular weight excluding hydrogens is 254 g/mol. The van der Waals surface area contributed by atoms with Gasteiger partial charge in [-0.05, 0) is 48.4 Å². The highest BCUT2D eigenvalue weighted by Gasteiger charge is 2.13. The smallest absolute Gasteiger partial charge is 0.119 e. The first-order valence-corrected chi connectivity index (χ1v) is 8.19. The molecule has 0 amide bonds. The van der Waals surface area contributed by atoms with Gasteiger partial charge in [0.15, 0.2) is 0 Å². The number of methoxy groups -OCH3 is 1. The average Bonchev–Trinajstić information content (AvgIpc) is 2.37. The predicted octanol–water partition coefficient (Wildman–Crippen LogP) is 4.04. The van der Waals surface area contributed by atoms with E-state index in [2.05, 4.69) is 51.2 Å². The summed E-state index contributed by atoms with van der Waals surface area (Å²) >= 11 is 2.03. The Kier molecular flexibility index (Phi) is 7.32. The topological polar surface area (TPSA) is 21.3 Å². The third kappa shape index (κ3) is 5.45. The van der Waals surface area contributed by atoms with Gasteiger partial charge in [-0.15, -0.1) is 0 Å². The van der Waals surface area contributed by atoms with E-state index in [0.717, 1.165) is 24.0 Å². The molecule has 0 heterocycles. The minimum Gasteiger partial charge on any atom is -0.497 e. The molecule has 0 aromatic heterocycles. The van der Waals surface area contributed by atoms with Crippen molar-refractivity contribution in [2.45, 2.75) is 33.7 Å². The molecule has 1 aromatic carbocycles. The van der Waals surface area contributed by atoms with E-state index in [0.29, 0.717) is 6.04 Å². The third-order valence-electron chi connectivity index (χ3n) is 3.04. The van der Waals surface area contributed by atoms with Crippen molar-refractivity contribution in [3.05, 3.63) is 29.3 Å². The lowest BCUT2D eigenvalue weighted by molar-refractivity contribution is 0.414. The first kappa shape index (κ1) is 16.4. The van der Waals surface area contributed by atoms with Crippen LogP contribution in [0.15, 0.2) is 18.2 Å². The van der Waals surface area contributed by atoms with Crippen LogP contribution in [0.4, 0.5) is 0 Å². The van der Waals surface area contributed by atoms with Gasteiger partial charge in [0.2, 0.25) is 0 Å². The standard InChI is InChI=1S/C16H27NOS/c1-6-17-16(11-19-10-12(2)3)15-8-7-14(18-5)9-13(15)4/h7-9,12,16-17H,6,10-11H2,1-5H3. The van der Waals surface area contributed by atoms with Gasteiger partial charge in [-0.25, -0.2) is 0 Å². The van der Waals surface area contributed by atoms with Crippen LogP contribution in [0.5, 0.6) is 5.75 Å². The molecule has 0 saturated carbocycles. The third-order valence-corrected chi connectivity index (χ3v) is 4.51. The molecule has 108 valence electrons. The highest BCUT2D eigenvalue weighted by atomic mass is 32.2. The van der Waals surface area contributed by atoms with E-state index in [4.69, 9.17) is 4.74 Å². The van der Waals surface area contributed by atoms with Crippen LogP contribution in [0.1, 0.15) is 37.9 Å². The quantitative estimate of drug-likeness (QED) is 0.777. The number of nitrogens with one attached hydrogen (secondary N) is 1. The van der Waals surface area contributed by atoms with Crippen LogP contribution in [0, 0.1) is 12.8 Å². The van der Waals surface area contributed by atoms with Gasteiger partial charge in [0.1, 0.15) is 5.75 Å². The SMILES string of the molecule is CCNC(CSCC(C)C)c1ccc(OC)cc1C. The molecule has 1 unspecified atom stereocenters. The minimum atomic E-state index is 0.430. The fraction of sp³-hybridized carbons (Fsp3) is 0.625. The van der Waals surface area contributed by atoms with Gasteiger partial charge in [-0.2, -0.15) is 11.8 Å². The Bertz CT molecular complexity index is 379. The summed E-state index contributed by atoms with van der Waals surface area (Å²) in [6.45, 7) is 9.87. The number of hydrogen-bond acceptors (Lipinski definition) is 3. The number of benzene rings is 1. The van der Waals surface area contributed by atoms with E-state index in [1.807, 2.05) is 11.8 Å². The molecule has 1 N–H and O–H groups in total. The predicted molar refractivity (Wildman–Crippen MR) is 86.3 cm³/mol. The molecule has 0 aliphatic heterocycles. The number of rotatable bonds is 8. The number of aryl methyl sites for hydroxylation is 1. The summed E-state index contributed by atoms with van der Waals surface area (Å²) in [5.74, 6) is 4.03. The van der Waals surface area contributed by atoms with Gasteiger partial charge in [-0.1, -0.05) is 26.8 Å². The van der Waals surface area contributed by atoms with Gasteiger partial charge >= 0.3 is 0 Å². The Morgan fingerprint density at radius 3 is 2.53 bits per heavy atom. The minimum absolute atomic E-state index is 0.430. The lowest BCUT2D eigenvalue weighted by Gasteiger charge is -2.21. The molecule has 0 bridgehead atoms. The van der Waals surface area contributed by atoms with Crippen LogP contribution >= 0.6 is 11.8 Å². The molecule has 1 atom stereocenters. The summed E-state index contributed by atoms with van der Waals surface area (Å²) in [7, 11) is 1.72. The fourth-order valence-corrected chi connectivity index (χ4v) is 3.23. The Morgan fingerprint density at radius 1 is 1.26 bits per heavy atom. The Labute approximate surface area is 122 Å². The number of thioether (sulfide) groups is 1. The van der Waals surface area contributed by atoms with Crippen LogP contribution < -0.4 is 10.1 Å². The molecule has 1 aromatic rings. The van der Waals surface area contributed by atoms with Crippen LogP contribution in [0.3, 0.4) is 0 Å². The molecule has 0 fully saturated rings. The zero-order valence-corrected chi connectivity index (χ0v) is 13.6. The second kappa shape index (κ2) is 8.49. The summed E-state index contributed by atoms with van der Waals surface area (Å²) in [5, 5.41) is 3.59. The molecule has 3 heteroatoms. The first-order chi connectivity index (χ1) is 9.08. The molecule has 0 radical (unpaired) electrons. The highest BCUT2D eigenvalue weighted by molar-refractivity contribution is 7.99. The lowest BCUT2D eigenvalue weighted by atomic mass is 10.0. The molecular formula is C16H27NOS. The van der Waals surface area contributed by atoms with Gasteiger partial charge in [0.05, 0.1) is 7.11 Å². The zero-order valence-electron chi connectivity index (χ0n) is 12.8. The van der Waals surface area contributed by atoms with Crippen molar-refractivity contribution < 1.29 is 4.74 Å². The van der Waals surface area contributed by atoms with Crippen molar-refractivity contribution in [3.63, 3.8) is 0 Å². The zero-order chi connectivity index (χ0) is 14.3. The fourth-order valence-electron chi connectivity index (χ4n) is 2.09. The average molecular weight is 281 g/mol. The maximum Gasteiger partial charge on any atom is 0.119 e. The van der Waals surface area contributed by atoms with Crippen molar-refractivity contribution in [2.24, 2.45) is 5.92 Å². The van der Waals surface area contributed by atoms with E-state index in [1.54, 1.807) is 7.11 Å². The Morgan fingerprint density at radius 2 is 2.00 bits per heavy atom. The normalized spacial score (nSPS) is 12.7. The van der Waals surface area contributed by atoms with E-state index in [-0.39, 0.29) is 0 Å². The molecule has 0 aliphatic carbocycles. The number of ether oxygens (including phenoxy) is 1. The maximum atomic E-state index is 5.28. The monoisotopic (exact) mass is 281 g/mol. The van der Waals surface area contributed by atoms with E-state index in [1.165, 1.54) is 16.9 Å². The highest BCUT2D eigenvalue weighted by Crippen LogP contribution is 2.25. The van der Waals surface area contributed by atoms with Crippen LogP contribution in [0.2, 0.25) is 0 Å². The van der Waals surface area contributed by atoms with Crippen molar-refractivity contribution in [1.82, 2.24) is 5.32 Å². The Hall–Kier alpha value is -0.670. The van der Waals surface area contributed by atoms with Crippen LogP contribution in [-0.2, 0) is 0 Å². The summed E-state index contributed by atoms with van der Waals surface area (Å²) in [6.07, 6.45) is 0. The first-order valence-electron chi connectivity index (χ1n) is 7.04. The summed E-state index contributed by atoms with van der Waals surface area (Å²) in [6, 6.07) is 6.80. The molecule has 1 rings (SSSR count). The lowest BCUT2D eigenvalue weighted by Crippen LogP contribution is -2.24. The summed E-state index contributed by atoms with van der Waals surface area (Å²) in [4.78, 5) is 0. The van der Waals surface area contributed by atoms with Crippen molar-refractivity contribution in [1.29, 1.82) is 0 Å². The summed E-state index contributed by atoms with van der Waals surface area (Å²) in [5.41, 5.74) is 2.69. The van der Waals surface area contributed by atoms with E-state index in [9.17, 15) is 0 Å². The van der Waals surface area contributed by atoms with Crippen molar-refractivity contribution >= 4 is 11.8 Å². The van der Waals surface area contributed by atoms with Gasteiger partial charge in [0.25, 0.3) is 0 Å². The van der Waals surface area contributed by atoms with E-state index >= 15 is 0 Å². The molecule has 2 nitrogen and oxygen atoms in total. The van der Waals surface area contributed by atoms with Gasteiger partial charge in [0, 0.05) is 11.8 Å². The second-order valence-corrected chi connectivity index (χ2v) is 6.34. The van der Waals surface area contributed by atoms with Gasteiger partial charge in [-0.3, -0.25) is 0 Å². The van der Waals surface area contributed by atoms with Gasteiger partial charge < -0.3 is 10.1 Å². The maximum absolute atomic E-state index is 5.28. The van der Waals surface area contributed by atoms with Crippen LogP contribution in [0.25, 0.3) is 0 Å². The van der Waals surface area contributed by atoms with Crippen molar-refractivity contribution in [2.75, 3.05) is 25.2 Å². The molecule has 0 spiro atoms. The van der Waals surface area contributed by atoms with Crippen LogP contribution in [-0.4, -0.2) is 25.2 Å². The summed E-state index contributed by atoms with van der Waals surface area (Å²) < 4.78 is 5.28. The molecule has 0 aliphatic rings. The second-order valence-electron chi connectivity index (χ2n) is 5.26. The van der Waals surface area contributed by atoms with Crippen molar-refractivity contribution in [3.8, 4) is 5.75 Å². The number of hydrogen-bond donors (Lipinski definition) is 1. The Balaban J connectivity index is 2.74. The molecule has 0 saturated heterocycles. The van der Waals surface area contributed by atoms with E-state index < -0.39 is 0 Å². The largest absolute Gasteiger partial charge is 0.497 e.